The van der Waals surface area contributed by atoms with Crippen molar-refractivity contribution in [2.75, 3.05) is 0 Å². The number of Topliss-reactive ketones (excluding diaryl/α,β-unsaturated/α-hetero) is 1. The first-order valence-electron chi connectivity index (χ1n) is 5.39. The molecule has 0 bridgehead atoms. The molecule has 0 aliphatic rings. The highest BCUT2D eigenvalue weighted by Gasteiger charge is 2.18. The van der Waals surface area contributed by atoms with Crippen molar-refractivity contribution in [1.82, 2.24) is 4.98 Å². The highest BCUT2D eigenvalue weighted by Crippen LogP contribution is 2.23. The van der Waals surface area contributed by atoms with Crippen molar-refractivity contribution in [3.8, 4) is 0 Å². The molecule has 2 N–H and O–H groups in total. The van der Waals surface area contributed by atoms with Gasteiger partial charge in [0.25, 0.3) is 5.78 Å². The number of H-pyrrole nitrogens is 1. The summed E-state index contributed by atoms with van der Waals surface area (Å²) >= 11 is 0. The van der Waals surface area contributed by atoms with Crippen LogP contribution in [0.1, 0.15) is 35.7 Å². The molecule has 1 aromatic carbocycles. The molecule has 4 heteroatoms. The van der Waals surface area contributed by atoms with Crippen LogP contribution >= 0.6 is 0 Å². The largest absolute Gasteiger partial charge is 0.475 e. The predicted molar refractivity (Wildman–Crippen MR) is 64.4 cm³/mol. The van der Waals surface area contributed by atoms with E-state index in [1.807, 2.05) is 12.1 Å². The van der Waals surface area contributed by atoms with Gasteiger partial charge >= 0.3 is 5.97 Å². The van der Waals surface area contributed by atoms with Crippen molar-refractivity contribution in [3.05, 3.63) is 35.5 Å². The van der Waals surface area contributed by atoms with Crippen molar-refractivity contribution in [3.63, 3.8) is 0 Å². The first-order valence-corrected chi connectivity index (χ1v) is 5.39. The monoisotopic (exact) mass is 231 g/mol. The number of aromatic nitrogens is 1. The highest BCUT2D eigenvalue weighted by molar-refractivity contribution is 6.42. The number of rotatable bonds is 3. The van der Waals surface area contributed by atoms with Crippen LogP contribution < -0.4 is 0 Å². The zero-order valence-electron chi connectivity index (χ0n) is 9.65. The van der Waals surface area contributed by atoms with Gasteiger partial charge in [0.15, 0.2) is 0 Å². The van der Waals surface area contributed by atoms with Gasteiger partial charge in [-0.2, -0.15) is 0 Å². The number of hydrogen-bond acceptors (Lipinski definition) is 2. The maximum atomic E-state index is 11.4. The fraction of sp³-hybridized carbons (Fsp3) is 0.231. The summed E-state index contributed by atoms with van der Waals surface area (Å²) in [6, 6.07) is 5.65. The number of fused-ring (bicyclic) bond motifs is 1. The van der Waals surface area contributed by atoms with E-state index in [4.69, 9.17) is 5.11 Å². The Balaban J connectivity index is 2.56. The molecule has 0 aliphatic heterocycles. The van der Waals surface area contributed by atoms with E-state index in [9.17, 15) is 9.59 Å². The molecule has 17 heavy (non-hydrogen) atoms. The summed E-state index contributed by atoms with van der Waals surface area (Å²) in [5.74, 6) is -1.92. The Labute approximate surface area is 98.3 Å². The quantitative estimate of drug-likeness (QED) is 0.630. The van der Waals surface area contributed by atoms with Gasteiger partial charge in [-0.05, 0) is 17.5 Å². The standard InChI is InChI=1S/C13H13NO3/c1-7(2)8-3-4-9-10(12(15)13(16)17)6-14-11(9)5-8/h3-7,14H,1-2H3,(H,16,17). The Morgan fingerprint density at radius 2 is 2.00 bits per heavy atom. The van der Waals surface area contributed by atoms with Crippen molar-refractivity contribution >= 4 is 22.7 Å². The van der Waals surface area contributed by atoms with Crippen LogP contribution in [0.2, 0.25) is 0 Å². The van der Waals surface area contributed by atoms with E-state index in [-0.39, 0.29) is 5.56 Å². The van der Waals surface area contributed by atoms with Gasteiger partial charge < -0.3 is 10.1 Å². The molecule has 2 aromatic rings. The molecule has 4 nitrogen and oxygen atoms in total. The molecule has 0 amide bonds. The van der Waals surface area contributed by atoms with Crippen LogP contribution in [0.15, 0.2) is 24.4 Å². The van der Waals surface area contributed by atoms with E-state index >= 15 is 0 Å². The summed E-state index contributed by atoms with van der Waals surface area (Å²) in [5.41, 5.74) is 2.15. The molecule has 0 saturated carbocycles. The minimum Gasteiger partial charge on any atom is -0.475 e. The molecular weight excluding hydrogens is 218 g/mol. The Kier molecular flexibility index (Phi) is 2.71. The van der Waals surface area contributed by atoms with Crippen LogP contribution in [-0.2, 0) is 4.79 Å². The smallest absolute Gasteiger partial charge is 0.377 e. The number of carbonyl (C=O) groups is 2. The third-order valence-corrected chi connectivity index (χ3v) is 2.81. The molecule has 0 aliphatic carbocycles. The van der Waals surface area contributed by atoms with Gasteiger partial charge in [-0.3, -0.25) is 4.79 Å². The van der Waals surface area contributed by atoms with E-state index in [0.717, 1.165) is 11.1 Å². The molecule has 88 valence electrons. The third kappa shape index (κ3) is 1.93. The predicted octanol–water partition coefficient (Wildman–Crippen LogP) is 2.56. The van der Waals surface area contributed by atoms with Gasteiger partial charge in [0.1, 0.15) is 0 Å². The SMILES string of the molecule is CC(C)c1ccc2c(C(=O)C(=O)O)c[nH]c2c1. The lowest BCUT2D eigenvalue weighted by Crippen LogP contribution is -2.11. The van der Waals surface area contributed by atoms with Gasteiger partial charge in [0.2, 0.25) is 0 Å². The van der Waals surface area contributed by atoms with E-state index in [0.29, 0.717) is 11.3 Å². The Hall–Kier alpha value is -2.10. The van der Waals surface area contributed by atoms with Gasteiger partial charge in [0.05, 0.1) is 5.56 Å². The fourth-order valence-corrected chi connectivity index (χ4v) is 1.81. The normalized spacial score (nSPS) is 11.0. The third-order valence-electron chi connectivity index (χ3n) is 2.81. The van der Waals surface area contributed by atoms with Crippen LogP contribution in [0, 0.1) is 0 Å². The summed E-state index contributed by atoms with van der Waals surface area (Å²) in [6.45, 7) is 4.15. The molecule has 0 saturated heterocycles. The molecule has 1 aromatic heterocycles. The minimum atomic E-state index is -1.43. The number of hydrogen-bond donors (Lipinski definition) is 2. The first-order chi connectivity index (χ1) is 8.00. The van der Waals surface area contributed by atoms with Gasteiger partial charge in [-0.15, -0.1) is 0 Å². The van der Waals surface area contributed by atoms with Crippen molar-refractivity contribution in [2.45, 2.75) is 19.8 Å². The number of carboxylic acid groups (broad SMARTS) is 1. The topological polar surface area (TPSA) is 70.2 Å². The zero-order chi connectivity index (χ0) is 12.6. The number of aliphatic carboxylic acids is 1. The number of aromatic amines is 1. The van der Waals surface area contributed by atoms with E-state index in [1.54, 1.807) is 6.07 Å². The molecule has 0 radical (unpaired) electrons. The average Bonchev–Trinajstić information content (AvgIpc) is 2.70. The van der Waals surface area contributed by atoms with E-state index < -0.39 is 11.8 Å². The number of benzene rings is 1. The summed E-state index contributed by atoms with van der Waals surface area (Å²) in [6.07, 6.45) is 1.45. The van der Waals surface area contributed by atoms with Crippen molar-refractivity contribution in [1.29, 1.82) is 0 Å². The number of carbonyl (C=O) groups excluding carboxylic acids is 1. The molecule has 0 spiro atoms. The number of nitrogens with one attached hydrogen (secondary N) is 1. The lowest BCUT2D eigenvalue weighted by atomic mass is 10.0. The molecule has 2 rings (SSSR count). The summed E-state index contributed by atoms with van der Waals surface area (Å²) in [7, 11) is 0. The fourth-order valence-electron chi connectivity index (χ4n) is 1.81. The Bertz CT molecular complexity index is 596. The lowest BCUT2D eigenvalue weighted by molar-refractivity contribution is -0.131. The Morgan fingerprint density at radius 1 is 1.29 bits per heavy atom. The number of carboxylic acids is 1. The summed E-state index contributed by atoms with van der Waals surface area (Å²) < 4.78 is 0. The molecule has 0 atom stereocenters. The average molecular weight is 231 g/mol. The first kappa shape index (κ1) is 11.4. The van der Waals surface area contributed by atoms with Gasteiger partial charge in [-0.25, -0.2) is 4.79 Å². The second-order valence-corrected chi connectivity index (χ2v) is 4.30. The minimum absolute atomic E-state index is 0.211. The Morgan fingerprint density at radius 3 is 2.59 bits per heavy atom. The lowest BCUT2D eigenvalue weighted by Gasteiger charge is -2.04. The van der Waals surface area contributed by atoms with Gasteiger partial charge in [-0.1, -0.05) is 26.0 Å². The van der Waals surface area contributed by atoms with Crippen LogP contribution in [0.4, 0.5) is 0 Å². The number of ketones is 1. The van der Waals surface area contributed by atoms with Crippen molar-refractivity contribution in [2.24, 2.45) is 0 Å². The molecular formula is C13H13NO3. The molecule has 0 fully saturated rings. The molecule has 0 unspecified atom stereocenters. The van der Waals surface area contributed by atoms with Crippen molar-refractivity contribution < 1.29 is 14.7 Å². The van der Waals surface area contributed by atoms with Crippen LogP contribution in [0.3, 0.4) is 0 Å². The maximum absolute atomic E-state index is 11.4. The second kappa shape index (κ2) is 4.05. The van der Waals surface area contributed by atoms with Gasteiger partial charge in [0, 0.05) is 17.1 Å². The van der Waals surface area contributed by atoms with Crippen LogP contribution in [-0.4, -0.2) is 21.8 Å². The maximum Gasteiger partial charge on any atom is 0.377 e. The molecule has 1 heterocycles. The second-order valence-electron chi connectivity index (χ2n) is 4.30. The van der Waals surface area contributed by atoms with E-state index in [2.05, 4.69) is 18.8 Å². The highest BCUT2D eigenvalue weighted by atomic mass is 16.4. The van der Waals surface area contributed by atoms with E-state index in [1.165, 1.54) is 6.20 Å². The van der Waals surface area contributed by atoms with Crippen LogP contribution in [0.5, 0.6) is 0 Å². The summed E-state index contributed by atoms with van der Waals surface area (Å²) in [5, 5.41) is 9.35. The summed E-state index contributed by atoms with van der Waals surface area (Å²) in [4.78, 5) is 25.0. The zero-order valence-corrected chi connectivity index (χ0v) is 9.65. The van der Waals surface area contributed by atoms with Crippen LogP contribution in [0.25, 0.3) is 10.9 Å².